The standard InChI is InChI=1S/C17H21NO2S/c1-2-19-16-10-6-7-14(13-18)17(16)20-11-12-21-15-8-4-3-5-9-15/h3-10H,2,11-13,18H2,1H3. The lowest BCUT2D eigenvalue weighted by Gasteiger charge is -2.15. The predicted molar refractivity (Wildman–Crippen MR) is 88.2 cm³/mol. The van der Waals surface area contributed by atoms with Crippen LogP contribution in [0.5, 0.6) is 11.5 Å². The summed E-state index contributed by atoms with van der Waals surface area (Å²) in [4.78, 5) is 1.25. The largest absolute Gasteiger partial charge is 0.490 e. The van der Waals surface area contributed by atoms with Crippen molar-refractivity contribution in [2.75, 3.05) is 19.0 Å². The Kier molecular flexibility index (Phi) is 6.44. The summed E-state index contributed by atoms with van der Waals surface area (Å²) in [5, 5.41) is 0. The van der Waals surface area contributed by atoms with E-state index in [1.54, 1.807) is 11.8 Å². The van der Waals surface area contributed by atoms with Crippen LogP contribution in [0.25, 0.3) is 0 Å². The quantitative estimate of drug-likeness (QED) is 0.596. The molecule has 0 spiro atoms. The van der Waals surface area contributed by atoms with Gasteiger partial charge in [-0.2, -0.15) is 0 Å². The molecule has 0 aliphatic heterocycles. The maximum absolute atomic E-state index is 5.91. The van der Waals surface area contributed by atoms with Crippen LogP contribution < -0.4 is 15.2 Å². The molecule has 112 valence electrons. The van der Waals surface area contributed by atoms with Gasteiger partial charge in [0.15, 0.2) is 11.5 Å². The van der Waals surface area contributed by atoms with Crippen LogP contribution in [0, 0.1) is 0 Å². The third-order valence-electron chi connectivity index (χ3n) is 2.92. The summed E-state index contributed by atoms with van der Waals surface area (Å²) in [6.07, 6.45) is 0. The first-order valence-corrected chi connectivity index (χ1v) is 8.09. The lowest BCUT2D eigenvalue weighted by Crippen LogP contribution is -2.07. The first kappa shape index (κ1) is 15.7. The summed E-state index contributed by atoms with van der Waals surface area (Å²) in [5.74, 6) is 2.43. The number of benzene rings is 2. The maximum Gasteiger partial charge on any atom is 0.165 e. The Morgan fingerprint density at radius 3 is 2.52 bits per heavy atom. The normalized spacial score (nSPS) is 10.4. The summed E-state index contributed by atoms with van der Waals surface area (Å²) < 4.78 is 11.5. The van der Waals surface area contributed by atoms with E-state index in [1.165, 1.54) is 4.90 Å². The Morgan fingerprint density at radius 2 is 1.81 bits per heavy atom. The monoisotopic (exact) mass is 303 g/mol. The highest BCUT2D eigenvalue weighted by molar-refractivity contribution is 7.99. The molecule has 0 amide bonds. The highest BCUT2D eigenvalue weighted by Crippen LogP contribution is 2.31. The molecule has 0 aliphatic carbocycles. The van der Waals surface area contributed by atoms with Gasteiger partial charge in [0.05, 0.1) is 13.2 Å². The maximum atomic E-state index is 5.91. The lowest BCUT2D eigenvalue weighted by atomic mass is 10.2. The smallest absolute Gasteiger partial charge is 0.165 e. The van der Waals surface area contributed by atoms with E-state index >= 15 is 0 Å². The molecular weight excluding hydrogens is 282 g/mol. The number of hydrogen-bond donors (Lipinski definition) is 1. The molecule has 0 unspecified atom stereocenters. The van der Waals surface area contributed by atoms with Gasteiger partial charge in [0.25, 0.3) is 0 Å². The zero-order chi connectivity index (χ0) is 14.9. The van der Waals surface area contributed by atoms with E-state index in [-0.39, 0.29) is 0 Å². The molecule has 2 aromatic rings. The van der Waals surface area contributed by atoms with E-state index in [0.29, 0.717) is 19.8 Å². The molecule has 0 aliphatic rings. The topological polar surface area (TPSA) is 44.5 Å². The number of hydrogen-bond acceptors (Lipinski definition) is 4. The third kappa shape index (κ3) is 4.69. The van der Waals surface area contributed by atoms with Gasteiger partial charge >= 0.3 is 0 Å². The van der Waals surface area contributed by atoms with Gasteiger partial charge in [-0.25, -0.2) is 0 Å². The van der Waals surface area contributed by atoms with Crippen molar-refractivity contribution in [3.05, 3.63) is 54.1 Å². The number of nitrogens with two attached hydrogens (primary N) is 1. The SMILES string of the molecule is CCOc1cccc(CN)c1OCCSc1ccccc1. The molecule has 3 nitrogen and oxygen atoms in total. The van der Waals surface area contributed by atoms with Crippen LogP contribution in [0.2, 0.25) is 0 Å². The molecule has 0 atom stereocenters. The van der Waals surface area contributed by atoms with E-state index in [0.717, 1.165) is 22.8 Å². The first-order valence-electron chi connectivity index (χ1n) is 7.10. The summed E-state index contributed by atoms with van der Waals surface area (Å²) in [7, 11) is 0. The average Bonchev–Trinajstić information content (AvgIpc) is 2.53. The molecular formula is C17H21NO2S. The van der Waals surface area contributed by atoms with Crippen molar-refractivity contribution in [3.8, 4) is 11.5 Å². The average molecular weight is 303 g/mol. The lowest BCUT2D eigenvalue weighted by molar-refractivity contribution is 0.287. The van der Waals surface area contributed by atoms with Crippen molar-refractivity contribution in [1.29, 1.82) is 0 Å². The fourth-order valence-corrected chi connectivity index (χ4v) is 2.73. The van der Waals surface area contributed by atoms with Crippen molar-refractivity contribution < 1.29 is 9.47 Å². The molecule has 0 bridgehead atoms. The Balaban J connectivity index is 1.92. The van der Waals surface area contributed by atoms with Gasteiger partial charge in [-0.05, 0) is 25.1 Å². The summed E-state index contributed by atoms with van der Waals surface area (Å²) in [6.45, 7) is 3.64. The molecule has 0 saturated heterocycles. The Bertz CT molecular complexity index is 546. The van der Waals surface area contributed by atoms with Crippen molar-refractivity contribution in [1.82, 2.24) is 0 Å². The molecule has 2 N–H and O–H groups in total. The van der Waals surface area contributed by atoms with E-state index in [9.17, 15) is 0 Å². The zero-order valence-electron chi connectivity index (χ0n) is 12.2. The highest BCUT2D eigenvalue weighted by Gasteiger charge is 2.09. The molecule has 2 aromatic carbocycles. The third-order valence-corrected chi connectivity index (χ3v) is 3.90. The van der Waals surface area contributed by atoms with Crippen molar-refractivity contribution in [2.45, 2.75) is 18.4 Å². The summed E-state index contributed by atoms with van der Waals surface area (Å²) in [6, 6.07) is 16.1. The van der Waals surface area contributed by atoms with Crippen LogP contribution in [0.4, 0.5) is 0 Å². The van der Waals surface area contributed by atoms with Crippen LogP contribution in [0.1, 0.15) is 12.5 Å². The van der Waals surface area contributed by atoms with Crippen molar-refractivity contribution in [2.24, 2.45) is 5.73 Å². The molecule has 0 fully saturated rings. The van der Waals surface area contributed by atoms with E-state index in [2.05, 4.69) is 12.1 Å². The second-order valence-electron chi connectivity index (χ2n) is 4.39. The number of thioether (sulfide) groups is 1. The van der Waals surface area contributed by atoms with Gasteiger partial charge in [-0.15, -0.1) is 11.8 Å². The second-order valence-corrected chi connectivity index (χ2v) is 5.56. The Hall–Kier alpha value is -1.65. The molecule has 2 rings (SSSR count). The van der Waals surface area contributed by atoms with Crippen LogP contribution >= 0.6 is 11.8 Å². The fourth-order valence-electron chi connectivity index (χ4n) is 1.97. The van der Waals surface area contributed by atoms with Crippen LogP contribution in [0.3, 0.4) is 0 Å². The minimum Gasteiger partial charge on any atom is -0.490 e. The second kappa shape index (κ2) is 8.60. The van der Waals surface area contributed by atoms with Crippen molar-refractivity contribution >= 4 is 11.8 Å². The van der Waals surface area contributed by atoms with Crippen LogP contribution in [-0.4, -0.2) is 19.0 Å². The first-order chi connectivity index (χ1) is 10.3. The minimum atomic E-state index is 0.447. The van der Waals surface area contributed by atoms with Gasteiger partial charge in [-0.3, -0.25) is 0 Å². The predicted octanol–water partition coefficient (Wildman–Crippen LogP) is 3.72. The van der Waals surface area contributed by atoms with Gasteiger partial charge in [0.1, 0.15) is 0 Å². The number of rotatable bonds is 8. The van der Waals surface area contributed by atoms with Crippen LogP contribution in [0.15, 0.2) is 53.4 Å². The van der Waals surface area contributed by atoms with Gasteiger partial charge in [0, 0.05) is 22.8 Å². The van der Waals surface area contributed by atoms with E-state index < -0.39 is 0 Å². The Morgan fingerprint density at radius 1 is 1.00 bits per heavy atom. The summed E-state index contributed by atoms with van der Waals surface area (Å²) in [5.41, 5.74) is 6.75. The number of ether oxygens (including phenoxy) is 2. The zero-order valence-corrected chi connectivity index (χ0v) is 13.1. The number of para-hydroxylation sites is 1. The van der Waals surface area contributed by atoms with Gasteiger partial charge in [-0.1, -0.05) is 30.3 Å². The van der Waals surface area contributed by atoms with E-state index in [4.69, 9.17) is 15.2 Å². The molecule has 0 heterocycles. The molecule has 0 saturated carbocycles. The Labute approximate surface area is 130 Å². The highest BCUT2D eigenvalue weighted by atomic mass is 32.2. The van der Waals surface area contributed by atoms with E-state index in [1.807, 2.05) is 43.3 Å². The minimum absolute atomic E-state index is 0.447. The molecule has 0 aromatic heterocycles. The van der Waals surface area contributed by atoms with Gasteiger partial charge < -0.3 is 15.2 Å². The fraction of sp³-hybridized carbons (Fsp3) is 0.294. The van der Waals surface area contributed by atoms with Crippen molar-refractivity contribution in [3.63, 3.8) is 0 Å². The summed E-state index contributed by atoms with van der Waals surface area (Å²) >= 11 is 1.78. The van der Waals surface area contributed by atoms with Gasteiger partial charge in [0.2, 0.25) is 0 Å². The van der Waals surface area contributed by atoms with Crippen LogP contribution in [-0.2, 0) is 6.54 Å². The molecule has 0 radical (unpaired) electrons. The molecule has 4 heteroatoms. The molecule has 21 heavy (non-hydrogen) atoms.